The van der Waals surface area contributed by atoms with Crippen molar-refractivity contribution in [2.45, 2.75) is 32.4 Å². The van der Waals surface area contributed by atoms with Crippen molar-refractivity contribution in [2.75, 3.05) is 0 Å². The molecule has 2 unspecified atom stereocenters. The molecule has 2 N–H and O–H groups in total. The molecule has 0 bridgehead atoms. The predicted molar refractivity (Wildman–Crippen MR) is 70.7 cm³/mol. The van der Waals surface area contributed by atoms with Gasteiger partial charge in [0, 0.05) is 12.1 Å². The Morgan fingerprint density at radius 3 is 2.45 bits per heavy atom. The minimum absolute atomic E-state index is 0.0182. The summed E-state index contributed by atoms with van der Waals surface area (Å²) in [6.07, 6.45) is 2.48. The van der Waals surface area contributed by atoms with Crippen LogP contribution in [0.2, 0.25) is 0 Å². The van der Waals surface area contributed by atoms with Crippen LogP contribution in [0.25, 0.3) is 0 Å². The van der Waals surface area contributed by atoms with Gasteiger partial charge in [-0.05, 0) is 30.5 Å². The highest BCUT2D eigenvalue weighted by Crippen LogP contribution is 2.40. The summed E-state index contributed by atoms with van der Waals surface area (Å²) in [5.41, 5.74) is 6.68. The fourth-order valence-corrected chi connectivity index (χ4v) is 3.26. The average Bonchev–Trinajstić information content (AvgIpc) is 3.01. The van der Waals surface area contributed by atoms with Crippen LogP contribution in [0, 0.1) is 17.7 Å². The number of likely N-dealkylation sites (tertiary alicyclic amines) is 1. The first kappa shape index (κ1) is 13.2. The Morgan fingerprint density at radius 2 is 1.85 bits per heavy atom. The zero-order valence-corrected chi connectivity index (χ0v) is 11.1. The standard InChI is InChI=1S/C15H17FN2O2/c16-13-5-4-9(7-17)6-10(13)8-18-14(19)11-2-1-3-12(11)15(18)20/h4-6,11-12H,1-3,7-8,17H2. The molecule has 2 atom stereocenters. The number of rotatable bonds is 3. The number of benzene rings is 1. The van der Waals surface area contributed by atoms with Crippen LogP contribution in [0.15, 0.2) is 18.2 Å². The van der Waals surface area contributed by atoms with Crippen molar-refractivity contribution in [1.29, 1.82) is 0 Å². The summed E-state index contributed by atoms with van der Waals surface area (Å²) in [6.45, 7) is 0.324. The van der Waals surface area contributed by atoms with E-state index < -0.39 is 5.82 Å². The highest BCUT2D eigenvalue weighted by atomic mass is 19.1. The van der Waals surface area contributed by atoms with Gasteiger partial charge in [0.15, 0.2) is 0 Å². The number of hydrogen-bond acceptors (Lipinski definition) is 3. The van der Waals surface area contributed by atoms with Gasteiger partial charge >= 0.3 is 0 Å². The number of carbonyl (C=O) groups is 2. The predicted octanol–water partition coefficient (Wildman–Crippen LogP) is 1.57. The lowest BCUT2D eigenvalue weighted by Crippen LogP contribution is -2.31. The molecule has 2 fully saturated rings. The number of fused-ring (bicyclic) bond motifs is 1. The lowest BCUT2D eigenvalue weighted by Gasteiger charge is -2.16. The van der Waals surface area contributed by atoms with E-state index in [4.69, 9.17) is 5.73 Å². The van der Waals surface area contributed by atoms with Gasteiger partial charge in [-0.15, -0.1) is 0 Å². The molecule has 1 aromatic carbocycles. The molecular formula is C15H17FN2O2. The first-order valence-electron chi connectivity index (χ1n) is 6.94. The van der Waals surface area contributed by atoms with E-state index in [-0.39, 0.29) is 30.2 Å². The number of nitrogens with two attached hydrogens (primary N) is 1. The Labute approximate surface area is 116 Å². The quantitative estimate of drug-likeness (QED) is 0.852. The van der Waals surface area contributed by atoms with Crippen LogP contribution in [-0.4, -0.2) is 16.7 Å². The average molecular weight is 276 g/mol. The van der Waals surface area contributed by atoms with Gasteiger partial charge in [-0.25, -0.2) is 4.39 Å². The number of carbonyl (C=O) groups excluding carboxylic acids is 2. The molecule has 0 aromatic heterocycles. The van der Waals surface area contributed by atoms with E-state index in [9.17, 15) is 14.0 Å². The third kappa shape index (κ3) is 2.02. The fourth-order valence-electron chi connectivity index (χ4n) is 3.26. The van der Waals surface area contributed by atoms with E-state index >= 15 is 0 Å². The van der Waals surface area contributed by atoms with E-state index in [0.29, 0.717) is 12.1 Å². The third-order valence-electron chi connectivity index (χ3n) is 4.36. The van der Waals surface area contributed by atoms with Crippen molar-refractivity contribution in [3.63, 3.8) is 0 Å². The Kier molecular flexibility index (Phi) is 3.30. The minimum atomic E-state index is -0.403. The molecule has 4 nitrogen and oxygen atoms in total. The van der Waals surface area contributed by atoms with Gasteiger partial charge in [0.2, 0.25) is 11.8 Å². The van der Waals surface area contributed by atoms with Crippen LogP contribution in [0.3, 0.4) is 0 Å². The van der Waals surface area contributed by atoms with Crippen LogP contribution in [0.5, 0.6) is 0 Å². The van der Waals surface area contributed by atoms with Gasteiger partial charge in [0.25, 0.3) is 0 Å². The van der Waals surface area contributed by atoms with E-state index in [0.717, 1.165) is 24.8 Å². The van der Waals surface area contributed by atoms with Gasteiger partial charge in [-0.3, -0.25) is 14.5 Å². The van der Waals surface area contributed by atoms with Gasteiger partial charge in [-0.2, -0.15) is 0 Å². The Morgan fingerprint density at radius 1 is 1.20 bits per heavy atom. The van der Waals surface area contributed by atoms with Gasteiger partial charge in [0.05, 0.1) is 18.4 Å². The van der Waals surface area contributed by atoms with Gasteiger partial charge < -0.3 is 5.73 Å². The lowest BCUT2D eigenvalue weighted by atomic mass is 10.00. The number of amides is 2. The van der Waals surface area contributed by atoms with Crippen molar-refractivity contribution in [1.82, 2.24) is 4.90 Å². The molecular weight excluding hydrogens is 259 g/mol. The molecule has 1 heterocycles. The lowest BCUT2D eigenvalue weighted by molar-refractivity contribution is -0.141. The van der Waals surface area contributed by atoms with Crippen molar-refractivity contribution in [2.24, 2.45) is 17.6 Å². The first-order valence-corrected chi connectivity index (χ1v) is 6.94. The van der Waals surface area contributed by atoms with Crippen LogP contribution in [0.4, 0.5) is 4.39 Å². The summed E-state index contributed by atoms with van der Waals surface area (Å²) in [5, 5.41) is 0. The summed E-state index contributed by atoms with van der Waals surface area (Å²) in [6, 6.07) is 4.58. The molecule has 2 aliphatic rings. The number of halogens is 1. The van der Waals surface area contributed by atoms with Crippen molar-refractivity contribution in [3.8, 4) is 0 Å². The SMILES string of the molecule is NCc1ccc(F)c(CN2C(=O)C3CCCC3C2=O)c1. The number of imide groups is 1. The van der Waals surface area contributed by atoms with E-state index in [1.165, 1.54) is 11.0 Å². The maximum Gasteiger partial charge on any atom is 0.233 e. The molecule has 1 aliphatic heterocycles. The summed E-state index contributed by atoms with van der Waals surface area (Å²) in [5.74, 6) is -1.04. The second-order valence-electron chi connectivity index (χ2n) is 5.54. The monoisotopic (exact) mass is 276 g/mol. The second kappa shape index (κ2) is 4.98. The smallest absolute Gasteiger partial charge is 0.233 e. The number of nitrogens with zero attached hydrogens (tertiary/aromatic N) is 1. The van der Waals surface area contributed by atoms with Crippen LogP contribution >= 0.6 is 0 Å². The van der Waals surface area contributed by atoms with E-state index in [1.807, 2.05) is 0 Å². The summed E-state index contributed by atoms with van der Waals surface area (Å²) >= 11 is 0. The van der Waals surface area contributed by atoms with Gasteiger partial charge in [0.1, 0.15) is 5.82 Å². The normalized spacial score (nSPS) is 25.4. The van der Waals surface area contributed by atoms with E-state index in [1.54, 1.807) is 12.1 Å². The fraction of sp³-hybridized carbons (Fsp3) is 0.467. The molecule has 1 aromatic rings. The molecule has 2 amide bonds. The molecule has 20 heavy (non-hydrogen) atoms. The second-order valence-corrected chi connectivity index (χ2v) is 5.54. The third-order valence-corrected chi connectivity index (χ3v) is 4.36. The largest absolute Gasteiger partial charge is 0.326 e. The zero-order valence-electron chi connectivity index (χ0n) is 11.1. The maximum atomic E-state index is 13.8. The Hall–Kier alpha value is -1.75. The molecule has 106 valence electrons. The van der Waals surface area contributed by atoms with Crippen LogP contribution < -0.4 is 5.73 Å². The molecule has 1 saturated carbocycles. The van der Waals surface area contributed by atoms with Crippen molar-refractivity contribution < 1.29 is 14.0 Å². The van der Waals surface area contributed by atoms with Crippen LogP contribution in [-0.2, 0) is 22.7 Å². The zero-order chi connectivity index (χ0) is 14.3. The highest BCUT2D eigenvalue weighted by Gasteiger charge is 2.49. The summed E-state index contributed by atoms with van der Waals surface area (Å²) in [4.78, 5) is 25.7. The Balaban J connectivity index is 1.85. The molecule has 1 aliphatic carbocycles. The van der Waals surface area contributed by atoms with Crippen molar-refractivity contribution >= 4 is 11.8 Å². The maximum absolute atomic E-state index is 13.8. The topological polar surface area (TPSA) is 63.4 Å². The molecule has 3 rings (SSSR count). The van der Waals surface area contributed by atoms with E-state index in [2.05, 4.69) is 0 Å². The summed E-state index contributed by atoms with van der Waals surface area (Å²) in [7, 11) is 0. The van der Waals surface area contributed by atoms with Gasteiger partial charge in [-0.1, -0.05) is 12.5 Å². The molecule has 0 spiro atoms. The highest BCUT2D eigenvalue weighted by molar-refractivity contribution is 6.05. The molecule has 0 radical (unpaired) electrons. The minimum Gasteiger partial charge on any atom is -0.326 e. The molecule has 1 saturated heterocycles. The summed E-state index contributed by atoms with van der Waals surface area (Å²) < 4.78 is 13.8. The van der Waals surface area contributed by atoms with Crippen LogP contribution in [0.1, 0.15) is 30.4 Å². The molecule has 5 heteroatoms. The first-order chi connectivity index (χ1) is 9.61. The number of hydrogen-bond donors (Lipinski definition) is 1. The van der Waals surface area contributed by atoms with Crippen molar-refractivity contribution in [3.05, 3.63) is 35.1 Å². The Bertz CT molecular complexity index is 551.